The Morgan fingerprint density at radius 3 is 2.73 bits per heavy atom. The first-order valence-corrected chi connectivity index (χ1v) is 5.84. The Morgan fingerprint density at radius 1 is 1.53 bits per heavy atom. The van der Waals surface area contributed by atoms with Gasteiger partial charge in [0.1, 0.15) is 0 Å². The number of rotatable bonds is 6. The molecule has 1 saturated heterocycles. The standard InChI is InChI=1S/C12H24N2O/c1-4-7-14-8-5-12(6-9-14)13-11(2)10-15-3/h4,11-13H,1,5-10H2,2-3H3. The van der Waals surface area contributed by atoms with E-state index in [1.807, 2.05) is 6.08 Å². The zero-order chi connectivity index (χ0) is 11.1. The first-order valence-electron chi connectivity index (χ1n) is 5.84. The summed E-state index contributed by atoms with van der Waals surface area (Å²) >= 11 is 0. The van der Waals surface area contributed by atoms with Gasteiger partial charge in [-0.15, -0.1) is 6.58 Å². The molecule has 0 spiro atoms. The normalized spacial score (nSPS) is 21.5. The average molecular weight is 212 g/mol. The van der Waals surface area contributed by atoms with Crippen LogP contribution >= 0.6 is 0 Å². The van der Waals surface area contributed by atoms with Crippen molar-refractivity contribution in [3.8, 4) is 0 Å². The molecule has 1 heterocycles. The van der Waals surface area contributed by atoms with Gasteiger partial charge in [0.15, 0.2) is 0 Å². The van der Waals surface area contributed by atoms with E-state index in [-0.39, 0.29) is 0 Å². The molecule has 0 amide bonds. The Hall–Kier alpha value is -0.380. The summed E-state index contributed by atoms with van der Waals surface area (Å²) in [5, 5.41) is 3.60. The molecule has 1 aliphatic rings. The van der Waals surface area contributed by atoms with E-state index in [4.69, 9.17) is 4.74 Å². The van der Waals surface area contributed by atoms with E-state index in [0.29, 0.717) is 12.1 Å². The highest BCUT2D eigenvalue weighted by Crippen LogP contribution is 2.10. The quantitative estimate of drug-likeness (QED) is 0.671. The van der Waals surface area contributed by atoms with E-state index < -0.39 is 0 Å². The van der Waals surface area contributed by atoms with E-state index in [9.17, 15) is 0 Å². The topological polar surface area (TPSA) is 24.5 Å². The van der Waals surface area contributed by atoms with E-state index in [0.717, 1.165) is 13.2 Å². The Morgan fingerprint density at radius 2 is 2.20 bits per heavy atom. The van der Waals surface area contributed by atoms with Crippen molar-refractivity contribution in [1.82, 2.24) is 10.2 Å². The number of hydrogen-bond acceptors (Lipinski definition) is 3. The average Bonchev–Trinajstić information content (AvgIpc) is 2.22. The van der Waals surface area contributed by atoms with Gasteiger partial charge in [-0.3, -0.25) is 4.90 Å². The van der Waals surface area contributed by atoms with Gasteiger partial charge < -0.3 is 10.1 Å². The largest absolute Gasteiger partial charge is 0.383 e. The number of methoxy groups -OCH3 is 1. The first-order chi connectivity index (χ1) is 7.26. The van der Waals surface area contributed by atoms with Crippen molar-refractivity contribution in [2.45, 2.75) is 31.8 Å². The highest BCUT2D eigenvalue weighted by Gasteiger charge is 2.19. The lowest BCUT2D eigenvalue weighted by atomic mass is 10.0. The molecule has 0 radical (unpaired) electrons. The molecule has 0 aliphatic carbocycles. The molecule has 3 nitrogen and oxygen atoms in total. The van der Waals surface area contributed by atoms with Crippen LogP contribution in [0.15, 0.2) is 12.7 Å². The van der Waals surface area contributed by atoms with Crippen molar-refractivity contribution in [1.29, 1.82) is 0 Å². The summed E-state index contributed by atoms with van der Waals surface area (Å²) in [6.07, 6.45) is 4.46. The van der Waals surface area contributed by atoms with Gasteiger partial charge in [-0.05, 0) is 32.9 Å². The summed E-state index contributed by atoms with van der Waals surface area (Å²) in [5.74, 6) is 0. The van der Waals surface area contributed by atoms with Crippen LogP contribution in [0.1, 0.15) is 19.8 Å². The van der Waals surface area contributed by atoms with Crippen LogP contribution in [0.4, 0.5) is 0 Å². The van der Waals surface area contributed by atoms with E-state index in [2.05, 4.69) is 23.7 Å². The molecular weight excluding hydrogens is 188 g/mol. The first kappa shape index (κ1) is 12.7. The lowest BCUT2D eigenvalue weighted by Gasteiger charge is -2.33. The number of hydrogen-bond donors (Lipinski definition) is 1. The minimum absolute atomic E-state index is 0.464. The highest BCUT2D eigenvalue weighted by molar-refractivity contribution is 4.82. The van der Waals surface area contributed by atoms with E-state index >= 15 is 0 Å². The number of ether oxygens (including phenoxy) is 1. The summed E-state index contributed by atoms with van der Waals surface area (Å²) in [5.41, 5.74) is 0. The number of nitrogens with one attached hydrogen (secondary N) is 1. The second kappa shape index (κ2) is 6.99. The molecule has 15 heavy (non-hydrogen) atoms. The van der Waals surface area contributed by atoms with Crippen LogP contribution in [-0.2, 0) is 4.74 Å². The highest BCUT2D eigenvalue weighted by atomic mass is 16.5. The fraction of sp³-hybridized carbons (Fsp3) is 0.833. The molecule has 1 aliphatic heterocycles. The third-order valence-corrected chi connectivity index (χ3v) is 2.91. The minimum atomic E-state index is 0.464. The third-order valence-electron chi connectivity index (χ3n) is 2.91. The van der Waals surface area contributed by atoms with Crippen molar-refractivity contribution in [3.05, 3.63) is 12.7 Å². The monoisotopic (exact) mass is 212 g/mol. The molecule has 0 bridgehead atoms. The molecule has 88 valence electrons. The minimum Gasteiger partial charge on any atom is -0.383 e. The maximum absolute atomic E-state index is 5.12. The zero-order valence-corrected chi connectivity index (χ0v) is 10.0. The van der Waals surface area contributed by atoms with Crippen molar-refractivity contribution >= 4 is 0 Å². The number of piperidine rings is 1. The maximum Gasteiger partial charge on any atom is 0.0613 e. The Labute approximate surface area is 93.5 Å². The third kappa shape index (κ3) is 4.78. The van der Waals surface area contributed by atoms with Gasteiger partial charge in [0.25, 0.3) is 0 Å². The molecule has 0 aromatic carbocycles. The Kier molecular flexibility index (Phi) is 5.91. The van der Waals surface area contributed by atoms with E-state index in [1.165, 1.54) is 25.9 Å². The summed E-state index contributed by atoms with van der Waals surface area (Å²) in [7, 11) is 1.75. The SMILES string of the molecule is C=CCN1CCC(NC(C)COC)CC1. The van der Waals surface area contributed by atoms with E-state index in [1.54, 1.807) is 7.11 Å². The molecule has 1 N–H and O–H groups in total. The molecule has 0 saturated carbocycles. The van der Waals surface area contributed by atoms with Gasteiger partial charge in [-0.1, -0.05) is 6.08 Å². The maximum atomic E-state index is 5.12. The molecule has 3 heteroatoms. The second-order valence-corrected chi connectivity index (χ2v) is 4.39. The van der Waals surface area contributed by atoms with Gasteiger partial charge in [-0.25, -0.2) is 0 Å². The zero-order valence-electron chi connectivity index (χ0n) is 10.0. The molecule has 1 rings (SSSR count). The van der Waals surface area contributed by atoms with Gasteiger partial charge in [0, 0.05) is 25.7 Å². The smallest absolute Gasteiger partial charge is 0.0613 e. The van der Waals surface area contributed by atoms with Gasteiger partial charge in [0.2, 0.25) is 0 Å². The molecule has 1 fully saturated rings. The predicted molar refractivity (Wildman–Crippen MR) is 64.1 cm³/mol. The van der Waals surface area contributed by atoms with Crippen molar-refractivity contribution in [2.75, 3.05) is 33.4 Å². The predicted octanol–water partition coefficient (Wildman–Crippen LogP) is 1.26. The molecular formula is C12H24N2O. The van der Waals surface area contributed by atoms with Gasteiger partial charge >= 0.3 is 0 Å². The Balaban J connectivity index is 2.16. The van der Waals surface area contributed by atoms with Crippen LogP contribution < -0.4 is 5.32 Å². The van der Waals surface area contributed by atoms with Crippen LogP contribution in [0.3, 0.4) is 0 Å². The molecule has 1 unspecified atom stereocenters. The Bertz CT molecular complexity index is 176. The molecule has 1 atom stereocenters. The molecule has 0 aromatic rings. The summed E-state index contributed by atoms with van der Waals surface area (Å²) in [6.45, 7) is 10.1. The lowest BCUT2D eigenvalue weighted by Crippen LogP contribution is -2.46. The second-order valence-electron chi connectivity index (χ2n) is 4.39. The van der Waals surface area contributed by atoms with Gasteiger partial charge in [0.05, 0.1) is 6.61 Å². The molecule has 0 aromatic heterocycles. The van der Waals surface area contributed by atoms with Crippen LogP contribution in [0.5, 0.6) is 0 Å². The van der Waals surface area contributed by atoms with Gasteiger partial charge in [-0.2, -0.15) is 0 Å². The summed E-state index contributed by atoms with van der Waals surface area (Å²) in [6, 6.07) is 1.13. The number of likely N-dealkylation sites (tertiary alicyclic amines) is 1. The summed E-state index contributed by atoms with van der Waals surface area (Å²) < 4.78 is 5.12. The van der Waals surface area contributed by atoms with Crippen LogP contribution in [0, 0.1) is 0 Å². The fourth-order valence-electron chi connectivity index (χ4n) is 2.17. The number of nitrogens with zero attached hydrogens (tertiary/aromatic N) is 1. The summed E-state index contributed by atoms with van der Waals surface area (Å²) in [4.78, 5) is 2.45. The van der Waals surface area contributed by atoms with Crippen LogP contribution in [0.2, 0.25) is 0 Å². The van der Waals surface area contributed by atoms with Crippen molar-refractivity contribution < 1.29 is 4.74 Å². The van der Waals surface area contributed by atoms with Crippen molar-refractivity contribution in [2.24, 2.45) is 0 Å². The van der Waals surface area contributed by atoms with Crippen LogP contribution in [-0.4, -0.2) is 50.3 Å². The lowest BCUT2D eigenvalue weighted by molar-refractivity contribution is 0.150. The van der Waals surface area contributed by atoms with Crippen LogP contribution in [0.25, 0.3) is 0 Å². The van der Waals surface area contributed by atoms with Crippen molar-refractivity contribution in [3.63, 3.8) is 0 Å². The fourth-order valence-corrected chi connectivity index (χ4v) is 2.17.